The Morgan fingerprint density at radius 1 is 1.12 bits per heavy atom. The van der Waals surface area contributed by atoms with Gasteiger partial charge in [-0.3, -0.25) is 0 Å². The highest BCUT2D eigenvalue weighted by Gasteiger charge is 2.23. The molecule has 1 saturated heterocycles. The first-order chi connectivity index (χ1) is 11.4. The zero-order valence-corrected chi connectivity index (χ0v) is 14.4. The highest BCUT2D eigenvalue weighted by atomic mass is 32.2. The molecule has 3 rings (SSSR count). The van der Waals surface area contributed by atoms with Crippen LogP contribution >= 0.6 is 0 Å². The van der Waals surface area contributed by atoms with Crippen molar-refractivity contribution in [2.45, 2.75) is 23.8 Å². The first-order valence-electron chi connectivity index (χ1n) is 8.00. The van der Waals surface area contributed by atoms with Gasteiger partial charge in [-0.05, 0) is 37.1 Å². The summed E-state index contributed by atoms with van der Waals surface area (Å²) in [4.78, 5) is 2.31. The lowest BCUT2D eigenvalue weighted by Gasteiger charge is -2.35. The van der Waals surface area contributed by atoms with Gasteiger partial charge in [-0.1, -0.05) is 24.3 Å². The molecular weight excluding hydrogens is 327 g/mol. The van der Waals surface area contributed by atoms with Gasteiger partial charge in [0.15, 0.2) is 9.84 Å². The molecule has 1 atom stereocenters. The Bertz CT molecular complexity index is 823. The Morgan fingerprint density at radius 2 is 1.83 bits per heavy atom. The van der Waals surface area contributed by atoms with Gasteiger partial charge in [0.2, 0.25) is 0 Å². The molecule has 0 radical (unpaired) electrons. The molecule has 1 aliphatic rings. The fraction of sp³-hybridized carbons (Fsp3) is 0.333. The number of piperidine rings is 1. The van der Waals surface area contributed by atoms with E-state index < -0.39 is 9.84 Å². The second kappa shape index (κ2) is 6.81. The summed E-state index contributed by atoms with van der Waals surface area (Å²) in [5.74, 6) is -0.227. The summed E-state index contributed by atoms with van der Waals surface area (Å²) in [7, 11) is -3.29. The van der Waals surface area contributed by atoms with Crippen LogP contribution in [-0.4, -0.2) is 33.8 Å². The lowest BCUT2D eigenvalue weighted by molar-refractivity contribution is 0.518. The van der Waals surface area contributed by atoms with E-state index in [-0.39, 0.29) is 11.9 Å². The molecule has 1 N–H and O–H groups in total. The van der Waals surface area contributed by atoms with Crippen molar-refractivity contribution in [2.75, 3.05) is 29.6 Å². The standard InChI is InChI=1S/C18H21FN2O2S/c1-24(22,23)18-11-5-3-9-16(18)20-14-7-6-12-21(13-14)17-10-4-2-8-15(17)19/h2-5,8-11,14,20H,6-7,12-13H2,1H3. The molecule has 1 heterocycles. The van der Waals surface area contributed by atoms with E-state index in [9.17, 15) is 12.8 Å². The summed E-state index contributed by atoms with van der Waals surface area (Å²) in [6.45, 7) is 1.44. The molecule has 0 bridgehead atoms. The smallest absolute Gasteiger partial charge is 0.177 e. The van der Waals surface area contributed by atoms with E-state index in [0.717, 1.165) is 19.4 Å². The molecule has 0 saturated carbocycles. The molecule has 1 fully saturated rings. The van der Waals surface area contributed by atoms with E-state index >= 15 is 0 Å². The minimum absolute atomic E-state index is 0.0706. The molecule has 24 heavy (non-hydrogen) atoms. The minimum atomic E-state index is -3.29. The number of anilines is 2. The topological polar surface area (TPSA) is 49.4 Å². The maximum atomic E-state index is 14.0. The normalized spacial score (nSPS) is 18.4. The van der Waals surface area contributed by atoms with E-state index in [1.807, 2.05) is 17.0 Å². The largest absolute Gasteiger partial charge is 0.379 e. The van der Waals surface area contributed by atoms with Crippen molar-refractivity contribution in [2.24, 2.45) is 0 Å². The SMILES string of the molecule is CS(=O)(=O)c1ccccc1NC1CCCN(c2ccccc2F)C1. The first-order valence-corrected chi connectivity index (χ1v) is 9.89. The van der Waals surface area contributed by atoms with Crippen LogP contribution in [0.5, 0.6) is 0 Å². The van der Waals surface area contributed by atoms with Crippen molar-refractivity contribution in [3.63, 3.8) is 0 Å². The molecule has 128 valence electrons. The number of rotatable bonds is 4. The molecule has 1 aliphatic heterocycles. The lowest BCUT2D eigenvalue weighted by Crippen LogP contribution is -2.42. The van der Waals surface area contributed by atoms with E-state index in [1.54, 1.807) is 30.3 Å². The lowest BCUT2D eigenvalue weighted by atomic mass is 10.0. The van der Waals surface area contributed by atoms with Crippen molar-refractivity contribution in [1.82, 2.24) is 0 Å². The first kappa shape index (κ1) is 16.8. The summed E-state index contributed by atoms with van der Waals surface area (Å²) in [6.07, 6.45) is 3.05. The number of nitrogens with one attached hydrogen (secondary N) is 1. The van der Waals surface area contributed by atoms with Crippen LogP contribution in [0.2, 0.25) is 0 Å². The van der Waals surface area contributed by atoms with Gasteiger partial charge in [-0.2, -0.15) is 0 Å². The molecule has 2 aromatic carbocycles. The van der Waals surface area contributed by atoms with Gasteiger partial charge in [-0.25, -0.2) is 12.8 Å². The third-order valence-corrected chi connectivity index (χ3v) is 5.42. The van der Waals surface area contributed by atoms with Gasteiger partial charge in [0.25, 0.3) is 0 Å². The predicted molar refractivity (Wildman–Crippen MR) is 94.8 cm³/mol. The second-order valence-electron chi connectivity index (χ2n) is 6.15. The number of hydrogen-bond acceptors (Lipinski definition) is 4. The van der Waals surface area contributed by atoms with E-state index in [1.165, 1.54) is 12.3 Å². The molecule has 1 unspecified atom stereocenters. The number of halogens is 1. The number of para-hydroxylation sites is 2. The highest BCUT2D eigenvalue weighted by Crippen LogP contribution is 2.26. The molecule has 0 aliphatic carbocycles. The molecule has 0 spiro atoms. The van der Waals surface area contributed by atoms with E-state index in [0.29, 0.717) is 22.8 Å². The van der Waals surface area contributed by atoms with Crippen LogP contribution in [0.15, 0.2) is 53.4 Å². The van der Waals surface area contributed by atoms with Gasteiger partial charge in [0.1, 0.15) is 5.82 Å². The van der Waals surface area contributed by atoms with Crippen LogP contribution in [-0.2, 0) is 9.84 Å². The molecular formula is C18H21FN2O2S. The predicted octanol–water partition coefficient (Wildman–Crippen LogP) is 3.31. The van der Waals surface area contributed by atoms with E-state index in [2.05, 4.69) is 5.32 Å². The van der Waals surface area contributed by atoms with Gasteiger partial charge in [-0.15, -0.1) is 0 Å². The van der Waals surface area contributed by atoms with Crippen molar-refractivity contribution in [1.29, 1.82) is 0 Å². The van der Waals surface area contributed by atoms with Crippen molar-refractivity contribution in [3.8, 4) is 0 Å². The minimum Gasteiger partial charge on any atom is -0.379 e. The number of hydrogen-bond donors (Lipinski definition) is 1. The van der Waals surface area contributed by atoms with Crippen molar-refractivity contribution >= 4 is 21.2 Å². The van der Waals surface area contributed by atoms with E-state index in [4.69, 9.17) is 0 Å². The Labute approximate surface area is 142 Å². The fourth-order valence-electron chi connectivity index (χ4n) is 3.15. The number of sulfone groups is 1. The summed E-state index contributed by atoms with van der Waals surface area (Å²) in [5, 5.41) is 3.33. The number of nitrogens with zero attached hydrogens (tertiary/aromatic N) is 1. The zero-order chi connectivity index (χ0) is 17.2. The zero-order valence-electron chi connectivity index (χ0n) is 13.6. The molecule has 0 amide bonds. The highest BCUT2D eigenvalue weighted by molar-refractivity contribution is 7.90. The van der Waals surface area contributed by atoms with Crippen LogP contribution in [0.1, 0.15) is 12.8 Å². The summed E-state index contributed by atoms with van der Waals surface area (Å²) >= 11 is 0. The van der Waals surface area contributed by atoms with Crippen molar-refractivity contribution < 1.29 is 12.8 Å². The third-order valence-electron chi connectivity index (χ3n) is 4.26. The van der Waals surface area contributed by atoms with Gasteiger partial charge in [0, 0.05) is 25.4 Å². The summed E-state index contributed by atoms with van der Waals surface area (Å²) in [6, 6.07) is 13.7. The number of benzene rings is 2. The second-order valence-corrected chi connectivity index (χ2v) is 8.13. The van der Waals surface area contributed by atoms with Gasteiger partial charge >= 0.3 is 0 Å². The van der Waals surface area contributed by atoms with Crippen LogP contribution < -0.4 is 10.2 Å². The van der Waals surface area contributed by atoms with Crippen molar-refractivity contribution in [3.05, 3.63) is 54.3 Å². The van der Waals surface area contributed by atoms with Gasteiger partial charge < -0.3 is 10.2 Å². The quantitative estimate of drug-likeness (QED) is 0.921. The Hall–Kier alpha value is -2.08. The Kier molecular flexibility index (Phi) is 4.76. The third kappa shape index (κ3) is 3.70. The monoisotopic (exact) mass is 348 g/mol. The Balaban J connectivity index is 1.79. The maximum Gasteiger partial charge on any atom is 0.177 e. The maximum absolute atomic E-state index is 14.0. The summed E-state index contributed by atoms with van der Waals surface area (Å²) < 4.78 is 37.9. The summed E-state index contributed by atoms with van der Waals surface area (Å²) in [5.41, 5.74) is 1.21. The van der Waals surface area contributed by atoms with Crippen LogP contribution in [0, 0.1) is 5.82 Å². The average Bonchev–Trinajstić information content (AvgIpc) is 2.55. The molecule has 6 heteroatoms. The van der Waals surface area contributed by atoms with Gasteiger partial charge in [0.05, 0.1) is 16.3 Å². The average molecular weight is 348 g/mol. The van der Waals surface area contributed by atoms with Crippen LogP contribution in [0.4, 0.5) is 15.8 Å². The Morgan fingerprint density at radius 3 is 2.58 bits per heavy atom. The molecule has 4 nitrogen and oxygen atoms in total. The molecule has 0 aromatic heterocycles. The van der Waals surface area contributed by atoms with Crippen LogP contribution in [0.3, 0.4) is 0 Å². The molecule has 2 aromatic rings. The fourth-order valence-corrected chi connectivity index (χ4v) is 4.00. The van der Waals surface area contributed by atoms with Crippen LogP contribution in [0.25, 0.3) is 0 Å².